The molecule has 0 aromatic heterocycles. The van der Waals surface area contributed by atoms with Crippen molar-refractivity contribution in [3.05, 3.63) is 11.6 Å². The molecule has 0 N–H and O–H groups in total. The Bertz CT molecular complexity index is 556. The van der Waals surface area contributed by atoms with E-state index in [2.05, 4.69) is 40.7 Å². The Morgan fingerprint density at radius 1 is 0.963 bits per heavy atom. The van der Waals surface area contributed by atoms with Gasteiger partial charge >= 0.3 is 0 Å². The highest BCUT2D eigenvalue weighted by atomic mass is 14.6. The molecule has 0 aromatic carbocycles. The molecule has 4 aliphatic carbocycles. The van der Waals surface area contributed by atoms with Crippen LogP contribution in [-0.4, -0.2) is 0 Å². The predicted octanol–water partition coefficient (Wildman–Crippen LogP) is 8.42. The van der Waals surface area contributed by atoms with Crippen molar-refractivity contribution in [1.29, 1.82) is 0 Å². The van der Waals surface area contributed by atoms with Crippen LogP contribution in [0.5, 0.6) is 0 Å². The van der Waals surface area contributed by atoms with Crippen molar-refractivity contribution in [2.75, 3.05) is 0 Å². The minimum atomic E-state index is 0.573. The van der Waals surface area contributed by atoms with Crippen molar-refractivity contribution in [2.45, 2.75) is 112 Å². The molecule has 0 amide bonds. The van der Waals surface area contributed by atoms with Crippen LogP contribution >= 0.6 is 0 Å². The van der Waals surface area contributed by atoms with Gasteiger partial charge in [-0.05, 0) is 97.7 Å². The lowest BCUT2D eigenvalue weighted by Gasteiger charge is -2.58. The molecule has 7 atom stereocenters. The van der Waals surface area contributed by atoms with Gasteiger partial charge in [0.2, 0.25) is 0 Å². The second kappa shape index (κ2) is 7.53. The van der Waals surface area contributed by atoms with Crippen LogP contribution in [0.25, 0.3) is 0 Å². The second-order valence-corrected chi connectivity index (χ2v) is 12.0. The first kappa shape index (κ1) is 20.0. The van der Waals surface area contributed by atoms with Crippen molar-refractivity contribution in [2.24, 2.45) is 46.3 Å². The zero-order chi connectivity index (χ0) is 19.2. The SMILES string of the molecule is CC(C)CCC[C@H](C)[C@@H]1CC[C@@H]2[C@H]3CC=C4CCCC[C@]4(C)[C@@H]3CC[C@]21C. The maximum absolute atomic E-state index is 2.74. The van der Waals surface area contributed by atoms with Gasteiger partial charge in [-0.15, -0.1) is 0 Å². The van der Waals surface area contributed by atoms with Crippen LogP contribution in [-0.2, 0) is 0 Å². The molecule has 0 aliphatic heterocycles. The number of allylic oxidation sites excluding steroid dienone is 2. The van der Waals surface area contributed by atoms with E-state index in [0.717, 1.165) is 35.5 Å². The topological polar surface area (TPSA) is 0 Å². The van der Waals surface area contributed by atoms with Crippen LogP contribution in [0.2, 0.25) is 0 Å². The van der Waals surface area contributed by atoms with E-state index < -0.39 is 0 Å². The van der Waals surface area contributed by atoms with Gasteiger partial charge in [0, 0.05) is 0 Å². The van der Waals surface area contributed by atoms with Gasteiger partial charge in [-0.25, -0.2) is 0 Å². The fraction of sp³-hybridized carbons (Fsp3) is 0.926. The standard InChI is InChI=1S/C27H46/c1-19(2)9-8-10-20(3)23-14-15-24-22-13-12-21-11-6-7-17-26(21,4)25(22)16-18-27(23,24)5/h12,19-20,22-25H,6-11,13-18H2,1-5H3/t20-,22+,23-,24+,25+,26-,27-/m0/s1. The first-order valence-electron chi connectivity index (χ1n) is 12.6. The minimum absolute atomic E-state index is 0.573. The molecule has 4 rings (SSSR count). The monoisotopic (exact) mass is 370 g/mol. The molecule has 0 nitrogen and oxygen atoms in total. The molecule has 0 aromatic rings. The molecule has 0 saturated heterocycles. The Labute approximate surface area is 170 Å². The number of fused-ring (bicyclic) bond motifs is 5. The van der Waals surface area contributed by atoms with Crippen molar-refractivity contribution >= 4 is 0 Å². The molecular weight excluding hydrogens is 324 g/mol. The van der Waals surface area contributed by atoms with Crippen LogP contribution in [0.4, 0.5) is 0 Å². The van der Waals surface area contributed by atoms with Crippen LogP contribution in [0, 0.1) is 46.3 Å². The normalized spacial score (nSPS) is 45.0. The summed E-state index contributed by atoms with van der Waals surface area (Å²) in [4.78, 5) is 0. The Hall–Kier alpha value is -0.260. The van der Waals surface area contributed by atoms with E-state index in [-0.39, 0.29) is 0 Å². The van der Waals surface area contributed by atoms with E-state index in [1.165, 1.54) is 77.0 Å². The zero-order valence-corrected chi connectivity index (χ0v) is 19.0. The van der Waals surface area contributed by atoms with Gasteiger partial charge in [-0.2, -0.15) is 0 Å². The lowest BCUT2D eigenvalue weighted by molar-refractivity contribution is -0.0500. The highest BCUT2D eigenvalue weighted by molar-refractivity contribution is 5.24. The lowest BCUT2D eigenvalue weighted by Crippen LogP contribution is -2.50. The predicted molar refractivity (Wildman–Crippen MR) is 118 cm³/mol. The van der Waals surface area contributed by atoms with E-state index in [0.29, 0.717) is 10.8 Å². The molecule has 0 bridgehead atoms. The van der Waals surface area contributed by atoms with Gasteiger partial charge in [-0.3, -0.25) is 0 Å². The molecule has 0 heteroatoms. The van der Waals surface area contributed by atoms with E-state index in [1.54, 1.807) is 0 Å². The Morgan fingerprint density at radius 2 is 1.78 bits per heavy atom. The average Bonchev–Trinajstić information content (AvgIpc) is 2.98. The lowest BCUT2D eigenvalue weighted by atomic mass is 9.47. The largest absolute Gasteiger partial charge is 0.0845 e. The summed E-state index contributed by atoms with van der Waals surface area (Å²) in [6.45, 7) is 12.8. The van der Waals surface area contributed by atoms with Crippen LogP contribution in [0.1, 0.15) is 112 Å². The van der Waals surface area contributed by atoms with Crippen molar-refractivity contribution < 1.29 is 0 Å². The van der Waals surface area contributed by atoms with Crippen LogP contribution < -0.4 is 0 Å². The number of hydrogen-bond donors (Lipinski definition) is 0. The first-order valence-corrected chi connectivity index (χ1v) is 12.6. The highest BCUT2D eigenvalue weighted by Crippen LogP contribution is 2.67. The zero-order valence-electron chi connectivity index (χ0n) is 19.0. The van der Waals surface area contributed by atoms with Gasteiger partial charge in [0.1, 0.15) is 0 Å². The summed E-state index contributed by atoms with van der Waals surface area (Å²) in [5, 5.41) is 0. The maximum atomic E-state index is 2.74. The van der Waals surface area contributed by atoms with Crippen LogP contribution in [0.3, 0.4) is 0 Å². The van der Waals surface area contributed by atoms with Crippen molar-refractivity contribution in [3.63, 3.8) is 0 Å². The third kappa shape index (κ3) is 3.36. The fourth-order valence-corrected chi connectivity index (χ4v) is 8.72. The molecule has 3 saturated carbocycles. The summed E-state index contributed by atoms with van der Waals surface area (Å²) >= 11 is 0. The number of hydrogen-bond acceptors (Lipinski definition) is 0. The van der Waals surface area contributed by atoms with E-state index >= 15 is 0 Å². The third-order valence-corrected chi connectivity index (χ3v) is 10.2. The summed E-state index contributed by atoms with van der Waals surface area (Å²) < 4.78 is 0. The summed E-state index contributed by atoms with van der Waals surface area (Å²) in [6, 6.07) is 0. The summed E-state index contributed by atoms with van der Waals surface area (Å²) in [5.74, 6) is 5.84. The maximum Gasteiger partial charge on any atom is -0.00853 e. The third-order valence-electron chi connectivity index (χ3n) is 10.2. The molecule has 0 heterocycles. The molecule has 4 aliphatic rings. The van der Waals surface area contributed by atoms with Gasteiger partial charge < -0.3 is 0 Å². The van der Waals surface area contributed by atoms with E-state index in [9.17, 15) is 0 Å². The first-order chi connectivity index (χ1) is 12.9. The van der Waals surface area contributed by atoms with Crippen molar-refractivity contribution in [3.8, 4) is 0 Å². The molecule has 0 spiro atoms. The molecule has 0 unspecified atom stereocenters. The average molecular weight is 371 g/mol. The fourth-order valence-electron chi connectivity index (χ4n) is 8.72. The molecular formula is C27H46. The molecule has 27 heavy (non-hydrogen) atoms. The minimum Gasteiger partial charge on any atom is -0.0845 e. The van der Waals surface area contributed by atoms with Crippen LogP contribution in [0.15, 0.2) is 11.6 Å². The number of rotatable bonds is 5. The van der Waals surface area contributed by atoms with Gasteiger partial charge in [0.25, 0.3) is 0 Å². The van der Waals surface area contributed by atoms with Gasteiger partial charge in [-0.1, -0.05) is 72.0 Å². The molecule has 0 radical (unpaired) electrons. The summed E-state index contributed by atoms with van der Waals surface area (Å²) in [6.07, 6.45) is 20.5. The smallest absolute Gasteiger partial charge is 0.00853 e. The summed E-state index contributed by atoms with van der Waals surface area (Å²) in [5.41, 5.74) is 3.09. The van der Waals surface area contributed by atoms with Crippen molar-refractivity contribution in [1.82, 2.24) is 0 Å². The van der Waals surface area contributed by atoms with Gasteiger partial charge in [0.15, 0.2) is 0 Å². The molecule has 3 fully saturated rings. The molecule has 154 valence electrons. The quantitative estimate of drug-likeness (QED) is 0.426. The summed E-state index contributed by atoms with van der Waals surface area (Å²) in [7, 11) is 0. The Kier molecular flexibility index (Phi) is 5.59. The Balaban J connectivity index is 1.49. The van der Waals surface area contributed by atoms with Gasteiger partial charge in [0.05, 0.1) is 0 Å². The van der Waals surface area contributed by atoms with E-state index in [4.69, 9.17) is 0 Å². The van der Waals surface area contributed by atoms with E-state index in [1.807, 2.05) is 5.57 Å². The highest BCUT2D eigenvalue weighted by Gasteiger charge is 2.58. The second-order valence-electron chi connectivity index (χ2n) is 12.0. The Morgan fingerprint density at radius 3 is 2.56 bits per heavy atom.